The summed E-state index contributed by atoms with van der Waals surface area (Å²) in [6.45, 7) is 3.64. The molecule has 5 nitrogen and oxygen atoms in total. The molecule has 0 radical (unpaired) electrons. The number of aryl methyl sites for hydroxylation is 1. The number of hydrogen-bond acceptors (Lipinski definition) is 4. The minimum Gasteiger partial charge on any atom is -0.454 e. The highest BCUT2D eigenvalue weighted by molar-refractivity contribution is 6.02. The zero-order valence-electron chi connectivity index (χ0n) is 15.1. The minimum absolute atomic E-state index is 0.0458. The third kappa shape index (κ3) is 4.22. The van der Waals surface area contributed by atoms with Crippen molar-refractivity contribution >= 4 is 23.3 Å². The van der Waals surface area contributed by atoms with Gasteiger partial charge in [-0.05, 0) is 50.2 Å². The smallest absolute Gasteiger partial charge is 0.312 e. The van der Waals surface area contributed by atoms with Gasteiger partial charge in [-0.25, -0.2) is 4.39 Å². The molecule has 1 aliphatic rings. The number of amides is 1. The molecule has 1 saturated heterocycles. The topological polar surface area (TPSA) is 63.7 Å². The summed E-state index contributed by atoms with van der Waals surface area (Å²) < 4.78 is 18.2. The lowest BCUT2D eigenvalue weighted by Gasteiger charge is -2.18. The molecule has 140 valence electrons. The van der Waals surface area contributed by atoms with Gasteiger partial charge in [0.25, 0.3) is 0 Å². The molecule has 27 heavy (non-hydrogen) atoms. The van der Waals surface area contributed by atoms with E-state index >= 15 is 0 Å². The predicted octanol–water partition coefficient (Wildman–Crippen LogP) is 3.30. The van der Waals surface area contributed by atoms with Crippen molar-refractivity contribution in [2.24, 2.45) is 5.92 Å². The van der Waals surface area contributed by atoms with Gasteiger partial charge in [-0.3, -0.25) is 14.4 Å². The van der Waals surface area contributed by atoms with Gasteiger partial charge in [0, 0.05) is 24.2 Å². The lowest BCUT2D eigenvalue weighted by molar-refractivity contribution is -0.151. The molecule has 1 heterocycles. The number of ketones is 1. The molecule has 0 unspecified atom stereocenters. The molecular weight excluding hydrogens is 349 g/mol. The lowest BCUT2D eigenvalue weighted by Crippen LogP contribution is -2.30. The first-order valence-electron chi connectivity index (χ1n) is 8.72. The van der Waals surface area contributed by atoms with Gasteiger partial charge < -0.3 is 9.64 Å². The Labute approximate surface area is 156 Å². The van der Waals surface area contributed by atoms with Gasteiger partial charge in [0.2, 0.25) is 11.7 Å². The molecule has 1 aliphatic heterocycles. The van der Waals surface area contributed by atoms with E-state index in [-0.39, 0.29) is 24.4 Å². The molecule has 2 aromatic rings. The van der Waals surface area contributed by atoms with Crippen molar-refractivity contribution in [3.8, 4) is 0 Å². The van der Waals surface area contributed by atoms with Gasteiger partial charge in [0.1, 0.15) is 5.82 Å². The van der Waals surface area contributed by atoms with Crippen LogP contribution in [0.25, 0.3) is 0 Å². The first-order chi connectivity index (χ1) is 12.8. The standard InChI is InChI=1S/C21H20FNO4/c1-13-3-9-18(10-4-13)23-12-16(11-19(23)24)21(26)27-14(2)20(25)15-5-7-17(22)8-6-15/h3-10,14,16H,11-12H2,1-2H3/t14-,16+/m0/s1. The fourth-order valence-corrected chi connectivity index (χ4v) is 3.01. The molecule has 0 N–H and O–H groups in total. The van der Waals surface area contributed by atoms with Crippen LogP contribution in [0.3, 0.4) is 0 Å². The summed E-state index contributed by atoms with van der Waals surface area (Å²) >= 11 is 0. The maximum atomic E-state index is 13.0. The maximum Gasteiger partial charge on any atom is 0.312 e. The van der Waals surface area contributed by atoms with Crippen LogP contribution < -0.4 is 4.90 Å². The number of rotatable bonds is 5. The Hall–Kier alpha value is -3.02. The van der Waals surface area contributed by atoms with E-state index in [0.717, 1.165) is 11.3 Å². The van der Waals surface area contributed by atoms with E-state index in [0.29, 0.717) is 0 Å². The van der Waals surface area contributed by atoms with Gasteiger partial charge in [0.15, 0.2) is 6.10 Å². The molecule has 2 atom stereocenters. The second-order valence-corrected chi connectivity index (χ2v) is 6.69. The van der Waals surface area contributed by atoms with Gasteiger partial charge >= 0.3 is 5.97 Å². The molecule has 1 amide bonds. The van der Waals surface area contributed by atoms with Gasteiger partial charge in [-0.1, -0.05) is 17.7 Å². The van der Waals surface area contributed by atoms with Crippen molar-refractivity contribution in [2.45, 2.75) is 26.4 Å². The van der Waals surface area contributed by atoms with E-state index in [1.165, 1.54) is 31.2 Å². The first-order valence-corrected chi connectivity index (χ1v) is 8.72. The molecule has 0 saturated carbocycles. The van der Waals surface area contributed by atoms with Crippen molar-refractivity contribution in [3.05, 3.63) is 65.5 Å². The number of carbonyl (C=O) groups excluding carboxylic acids is 3. The molecule has 2 aromatic carbocycles. The Morgan fingerprint density at radius 2 is 1.74 bits per heavy atom. The summed E-state index contributed by atoms with van der Waals surface area (Å²) in [6.07, 6.45) is -0.962. The van der Waals surface area contributed by atoms with E-state index in [4.69, 9.17) is 4.74 Å². The van der Waals surface area contributed by atoms with Crippen molar-refractivity contribution in [1.82, 2.24) is 0 Å². The van der Waals surface area contributed by atoms with Crippen LogP contribution in [0.5, 0.6) is 0 Å². The quantitative estimate of drug-likeness (QED) is 0.599. The summed E-state index contributed by atoms with van der Waals surface area (Å²) in [4.78, 5) is 38.5. The van der Waals surface area contributed by atoms with E-state index in [1.54, 1.807) is 4.90 Å². The van der Waals surface area contributed by atoms with E-state index in [9.17, 15) is 18.8 Å². The number of anilines is 1. The average molecular weight is 369 g/mol. The summed E-state index contributed by atoms with van der Waals surface area (Å²) in [6, 6.07) is 12.5. The molecular formula is C21H20FNO4. The van der Waals surface area contributed by atoms with Crippen LogP contribution >= 0.6 is 0 Å². The fourth-order valence-electron chi connectivity index (χ4n) is 3.01. The Bertz CT molecular complexity index is 861. The SMILES string of the molecule is Cc1ccc(N2C[C@H](C(=O)O[C@@H](C)C(=O)c3ccc(F)cc3)CC2=O)cc1. The Kier molecular flexibility index (Phi) is 5.35. The monoisotopic (exact) mass is 369 g/mol. The highest BCUT2D eigenvalue weighted by Gasteiger charge is 2.37. The molecule has 1 fully saturated rings. The fraction of sp³-hybridized carbons (Fsp3) is 0.286. The van der Waals surface area contributed by atoms with E-state index in [2.05, 4.69) is 0 Å². The number of nitrogens with zero attached hydrogens (tertiary/aromatic N) is 1. The van der Waals surface area contributed by atoms with Crippen LogP contribution in [-0.4, -0.2) is 30.3 Å². The third-order valence-corrected chi connectivity index (χ3v) is 4.59. The van der Waals surface area contributed by atoms with E-state index < -0.39 is 29.6 Å². The number of ether oxygens (including phenoxy) is 1. The number of carbonyl (C=O) groups is 3. The van der Waals surface area contributed by atoms with Gasteiger partial charge in [0.05, 0.1) is 5.92 Å². The molecule has 0 bridgehead atoms. The number of halogens is 1. The Balaban J connectivity index is 1.62. The van der Waals surface area contributed by atoms with Crippen molar-refractivity contribution in [2.75, 3.05) is 11.4 Å². The van der Waals surface area contributed by atoms with Crippen LogP contribution in [0.1, 0.15) is 29.3 Å². The Morgan fingerprint density at radius 3 is 2.37 bits per heavy atom. The zero-order valence-corrected chi connectivity index (χ0v) is 15.1. The normalized spacial score (nSPS) is 17.7. The average Bonchev–Trinajstić information content (AvgIpc) is 3.04. The number of esters is 1. The lowest BCUT2D eigenvalue weighted by atomic mass is 10.1. The third-order valence-electron chi connectivity index (χ3n) is 4.59. The highest BCUT2D eigenvalue weighted by atomic mass is 19.1. The first kappa shape index (κ1) is 18.8. The van der Waals surface area contributed by atoms with Crippen molar-refractivity contribution < 1.29 is 23.5 Å². The summed E-state index contributed by atoms with van der Waals surface area (Å²) in [5.74, 6) is -2.22. The maximum absolute atomic E-state index is 13.0. The second kappa shape index (κ2) is 7.70. The molecule has 6 heteroatoms. The van der Waals surface area contributed by atoms with Crippen LogP contribution in [0, 0.1) is 18.7 Å². The number of Topliss-reactive ketones (excluding diaryl/α,β-unsaturated/α-hetero) is 1. The van der Waals surface area contributed by atoms with Crippen molar-refractivity contribution in [1.29, 1.82) is 0 Å². The number of hydrogen-bond donors (Lipinski definition) is 0. The molecule has 3 rings (SSSR count). The van der Waals surface area contributed by atoms with Gasteiger partial charge in [-0.2, -0.15) is 0 Å². The van der Waals surface area contributed by atoms with Crippen LogP contribution in [0.4, 0.5) is 10.1 Å². The summed E-state index contributed by atoms with van der Waals surface area (Å²) in [5.41, 5.74) is 2.08. The predicted molar refractivity (Wildman–Crippen MR) is 97.9 cm³/mol. The minimum atomic E-state index is -1.01. The van der Waals surface area contributed by atoms with Crippen LogP contribution in [0.15, 0.2) is 48.5 Å². The highest BCUT2D eigenvalue weighted by Crippen LogP contribution is 2.26. The largest absolute Gasteiger partial charge is 0.454 e. The van der Waals surface area contributed by atoms with Crippen molar-refractivity contribution in [3.63, 3.8) is 0 Å². The Morgan fingerprint density at radius 1 is 1.11 bits per heavy atom. The number of benzene rings is 2. The summed E-state index contributed by atoms with van der Waals surface area (Å²) in [7, 11) is 0. The second-order valence-electron chi connectivity index (χ2n) is 6.69. The molecule has 0 spiro atoms. The zero-order chi connectivity index (χ0) is 19.6. The summed E-state index contributed by atoms with van der Waals surface area (Å²) in [5, 5.41) is 0. The van der Waals surface area contributed by atoms with E-state index in [1.807, 2.05) is 31.2 Å². The van der Waals surface area contributed by atoms with Crippen LogP contribution in [-0.2, 0) is 14.3 Å². The van der Waals surface area contributed by atoms with Gasteiger partial charge in [-0.15, -0.1) is 0 Å². The molecule has 0 aliphatic carbocycles. The van der Waals surface area contributed by atoms with Crippen LogP contribution in [0.2, 0.25) is 0 Å². The molecule has 0 aromatic heterocycles.